The molecule has 1 aliphatic carbocycles. The Balaban J connectivity index is 1.18. The van der Waals surface area contributed by atoms with Crippen molar-refractivity contribution in [3.05, 3.63) is 187 Å². The van der Waals surface area contributed by atoms with Crippen LogP contribution in [0.2, 0.25) is 0 Å². The van der Waals surface area contributed by atoms with E-state index in [1.165, 1.54) is 27.6 Å². The fraction of sp³-hybridized carbons (Fsp3) is 0.0625. The smallest absolute Gasteiger partial charge is 0.238 e. The van der Waals surface area contributed by atoms with Crippen LogP contribution in [0.3, 0.4) is 0 Å². The largest absolute Gasteiger partial charge is 0.310 e. The highest BCUT2D eigenvalue weighted by atomic mass is 15.2. The first kappa shape index (κ1) is 30.9. The van der Waals surface area contributed by atoms with E-state index in [0.29, 0.717) is 17.6 Å². The monoisotopic (exact) mass is 681 g/mol. The van der Waals surface area contributed by atoms with Crippen LogP contribution < -0.4 is 4.90 Å². The molecule has 53 heavy (non-hydrogen) atoms. The second kappa shape index (κ2) is 12.1. The lowest BCUT2D eigenvalue weighted by atomic mass is 9.82. The second-order valence-corrected chi connectivity index (χ2v) is 14.1. The minimum Gasteiger partial charge on any atom is -0.310 e. The summed E-state index contributed by atoms with van der Waals surface area (Å²) in [7, 11) is 0. The number of aromatic nitrogens is 4. The Morgan fingerprint density at radius 2 is 0.962 bits per heavy atom. The van der Waals surface area contributed by atoms with Gasteiger partial charge in [0.05, 0.1) is 11.0 Å². The minimum absolute atomic E-state index is 0.265. The molecule has 9 aromatic rings. The molecule has 5 nitrogen and oxygen atoms in total. The molecule has 0 amide bonds. The number of rotatable bonds is 6. The summed E-state index contributed by atoms with van der Waals surface area (Å²) in [5, 5.41) is 2.33. The Hall–Kier alpha value is -6.85. The third-order valence-electron chi connectivity index (χ3n) is 10.6. The van der Waals surface area contributed by atoms with Crippen molar-refractivity contribution in [2.75, 3.05) is 4.90 Å². The van der Waals surface area contributed by atoms with Crippen molar-refractivity contribution in [1.82, 2.24) is 19.5 Å². The average molecular weight is 682 g/mol. The van der Waals surface area contributed by atoms with Crippen molar-refractivity contribution in [1.29, 1.82) is 0 Å². The normalized spacial score (nSPS) is 12.9. The Bertz CT molecular complexity index is 2690. The predicted octanol–water partition coefficient (Wildman–Crippen LogP) is 12.1. The highest BCUT2D eigenvalue weighted by Gasteiger charge is 2.37. The molecule has 0 aliphatic heterocycles. The number of hydrogen-bond donors (Lipinski definition) is 0. The lowest BCUT2D eigenvalue weighted by Crippen LogP contribution is -2.16. The molecular weight excluding hydrogens is 647 g/mol. The fourth-order valence-corrected chi connectivity index (χ4v) is 8.04. The van der Waals surface area contributed by atoms with Crippen LogP contribution in [-0.4, -0.2) is 19.5 Å². The van der Waals surface area contributed by atoms with Gasteiger partial charge in [-0.05, 0) is 76.9 Å². The van der Waals surface area contributed by atoms with Crippen LogP contribution in [-0.2, 0) is 5.41 Å². The molecular formula is C48H35N5. The van der Waals surface area contributed by atoms with Gasteiger partial charge < -0.3 is 4.90 Å². The van der Waals surface area contributed by atoms with Crippen LogP contribution in [0.5, 0.6) is 0 Å². The van der Waals surface area contributed by atoms with Crippen molar-refractivity contribution < 1.29 is 0 Å². The zero-order valence-electron chi connectivity index (χ0n) is 29.5. The van der Waals surface area contributed by atoms with Gasteiger partial charge in [-0.2, -0.15) is 9.97 Å². The molecule has 10 rings (SSSR count). The molecule has 7 aromatic carbocycles. The molecule has 0 radical (unpaired) electrons. The summed E-state index contributed by atoms with van der Waals surface area (Å²) in [6, 6.07) is 61.9. The van der Waals surface area contributed by atoms with E-state index in [2.05, 4.69) is 163 Å². The molecule has 0 saturated carbocycles. The number of fused-ring (bicyclic) bond motifs is 6. The standard InChI is InChI=1S/C48H35N5/c1-48(2)41-29-36(52(34-21-11-5-12-22-34)35-23-13-6-14-24-35)27-28-37(41)39-30-40-38-25-15-16-26-43(38)53(44(40)31-42(39)48)47-50-45(32-17-7-3-8-18-32)49-46(51-47)33-19-9-4-10-20-33/h3-31H,1-2H3. The zero-order chi connectivity index (χ0) is 35.5. The van der Waals surface area contributed by atoms with Crippen LogP contribution in [0, 0.1) is 0 Å². The molecule has 252 valence electrons. The maximum atomic E-state index is 5.17. The Morgan fingerprint density at radius 1 is 0.434 bits per heavy atom. The molecule has 0 unspecified atom stereocenters. The fourth-order valence-electron chi connectivity index (χ4n) is 8.04. The van der Waals surface area contributed by atoms with Crippen molar-refractivity contribution in [3.8, 4) is 39.9 Å². The molecule has 0 atom stereocenters. The van der Waals surface area contributed by atoms with Crippen molar-refractivity contribution in [2.24, 2.45) is 0 Å². The number of hydrogen-bond acceptors (Lipinski definition) is 4. The maximum Gasteiger partial charge on any atom is 0.238 e. The lowest BCUT2D eigenvalue weighted by molar-refractivity contribution is 0.661. The number of anilines is 3. The molecule has 0 N–H and O–H groups in total. The van der Waals surface area contributed by atoms with Gasteiger partial charge in [0.15, 0.2) is 11.6 Å². The molecule has 5 heteroatoms. The first-order chi connectivity index (χ1) is 26.0. The highest BCUT2D eigenvalue weighted by molar-refractivity contribution is 6.11. The van der Waals surface area contributed by atoms with Crippen molar-refractivity contribution in [2.45, 2.75) is 19.3 Å². The SMILES string of the molecule is CC1(C)c2cc(N(c3ccccc3)c3ccccc3)ccc2-c2cc3c4ccccc4n(-c4nc(-c5ccccc5)nc(-c5ccccc5)n4)c3cc21. The van der Waals surface area contributed by atoms with Crippen molar-refractivity contribution in [3.63, 3.8) is 0 Å². The van der Waals surface area contributed by atoms with Gasteiger partial charge in [0.2, 0.25) is 5.95 Å². The summed E-state index contributed by atoms with van der Waals surface area (Å²) < 4.78 is 2.22. The van der Waals surface area contributed by atoms with E-state index >= 15 is 0 Å². The second-order valence-electron chi connectivity index (χ2n) is 14.1. The van der Waals surface area contributed by atoms with Gasteiger partial charge in [-0.1, -0.05) is 135 Å². The van der Waals surface area contributed by atoms with Crippen LogP contribution in [0.4, 0.5) is 17.1 Å². The van der Waals surface area contributed by atoms with E-state index in [0.717, 1.165) is 44.6 Å². The molecule has 0 fully saturated rings. The molecule has 2 aromatic heterocycles. The number of para-hydroxylation sites is 3. The van der Waals surface area contributed by atoms with Gasteiger partial charge >= 0.3 is 0 Å². The quantitative estimate of drug-likeness (QED) is 0.175. The van der Waals surface area contributed by atoms with E-state index in [1.54, 1.807) is 0 Å². The predicted molar refractivity (Wildman–Crippen MR) is 217 cm³/mol. The summed E-state index contributed by atoms with van der Waals surface area (Å²) in [6.07, 6.45) is 0. The summed E-state index contributed by atoms with van der Waals surface area (Å²) in [5.41, 5.74) is 12.3. The average Bonchev–Trinajstić information content (AvgIpc) is 3.66. The highest BCUT2D eigenvalue weighted by Crippen LogP contribution is 2.52. The molecule has 0 spiro atoms. The van der Waals surface area contributed by atoms with Gasteiger partial charge in [0, 0.05) is 44.4 Å². The number of benzene rings is 7. The number of nitrogens with zero attached hydrogens (tertiary/aromatic N) is 5. The Kier molecular flexibility index (Phi) is 7.08. The summed E-state index contributed by atoms with van der Waals surface area (Å²) in [4.78, 5) is 17.6. The van der Waals surface area contributed by atoms with E-state index in [4.69, 9.17) is 15.0 Å². The van der Waals surface area contributed by atoms with Gasteiger partial charge in [0.1, 0.15) is 0 Å². The van der Waals surface area contributed by atoms with Crippen LogP contribution in [0.25, 0.3) is 61.7 Å². The summed E-state index contributed by atoms with van der Waals surface area (Å²) in [5.74, 6) is 1.88. The van der Waals surface area contributed by atoms with Gasteiger partial charge in [-0.25, -0.2) is 4.98 Å². The molecule has 0 saturated heterocycles. The third-order valence-corrected chi connectivity index (χ3v) is 10.6. The van der Waals surface area contributed by atoms with E-state index < -0.39 is 0 Å². The van der Waals surface area contributed by atoms with Crippen molar-refractivity contribution >= 4 is 38.9 Å². The van der Waals surface area contributed by atoms with Crippen LogP contribution >= 0.6 is 0 Å². The van der Waals surface area contributed by atoms with Crippen LogP contribution in [0.1, 0.15) is 25.0 Å². The maximum absolute atomic E-state index is 5.17. The summed E-state index contributed by atoms with van der Waals surface area (Å²) in [6.45, 7) is 4.69. The van der Waals surface area contributed by atoms with Gasteiger partial charge in [-0.3, -0.25) is 4.57 Å². The summed E-state index contributed by atoms with van der Waals surface area (Å²) >= 11 is 0. The molecule has 2 heterocycles. The van der Waals surface area contributed by atoms with Gasteiger partial charge in [-0.15, -0.1) is 0 Å². The first-order valence-electron chi connectivity index (χ1n) is 18.0. The van der Waals surface area contributed by atoms with E-state index in [-0.39, 0.29) is 5.41 Å². The third kappa shape index (κ3) is 5.04. The Morgan fingerprint density at radius 3 is 1.57 bits per heavy atom. The first-order valence-corrected chi connectivity index (χ1v) is 18.0. The van der Waals surface area contributed by atoms with Gasteiger partial charge in [0.25, 0.3) is 0 Å². The van der Waals surface area contributed by atoms with E-state index in [1.807, 2.05) is 36.4 Å². The minimum atomic E-state index is -0.265. The topological polar surface area (TPSA) is 46.8 Å². The Labute approximate surface area is 308 Å². The van der Waals surface area contributed by atoms with Crippen LogP contribution in [0.15, 0.2) is 176 Å². The van der Waals surface area contributed by atoms with E-state index in [9.17, 15) is 0 Å². The zero-order valence-corrected chi connectivity index (χ0v) is 29.5. The lowest BCUT2D eigenvalue weighted by Gasteiger charge is -2.28. The molecule has 0 bridgehead atoms. The molecule has 1 aliphatic rings.